The van der Waals surface area contributed by atoms with E-state index in [-0.39, 0.29) is 0 Å². The van der Waals surface area contributed by atoms with Gasteiger partial charge in [-0.25, -0.2) is 4.68 Å². The van der Waals surface area contributed by atoms with E-state index in [1.54, 1.807) is 16.9 Å². The second kappa shape index (κ2) is 4.82. The molecule has 2 aromatic heterocycles. The summed E-state index contributed by atoms with van der Waals surface area (Å²) in [6.07, 6.45) is 1.62. The third kappa shape index (κ3) is 2.11. The molecule has 2 heterocycles. The van der Waals surface area contributed by atoms with Gasteiger partial charge < -0.3 is 0 Å². The number of hydrogen-bond acceptors (Lipinski definition) is 3. The molecule has 0 saturated carbocycles. The number of benzene rings is 1. The normalized spacial score (nSPS) is 10.6. The highest BCUT2D eigenvalue weighted by atomic mass is 35.5. The molecule has 0 bridgehead atoms. The first-order chi connectivity index (χ1) is 9.27. The molecule has 19 heavy (non-hydrogen) atoms. The summed E-state index contributed by atoms with van der Waals surface area (Å²) in [7, 11) is 0. The summed E-state index contributed by atoms with van der Waals surface area (Å²) in [6, 6.07) is 13.6. The molecule has 0 aliphatic carbocycles. The standard InChI is InChI=1S/C14H11ClN4/c1-10-13(11-6-3-2-4-7-11)18-19(14(10)15)12-8-5-9-16-17-12/h2-9H,1H3. The van der Waals surface area contributed by atoms with Crippen molar-refractivity contribution >= 4 is 11.6 Å². The monoisotopic (exact) mass is 270 g/mol. The Bertz CT molecular complexity index is 632. The topological polar surface area (TPSA) is 43.6 Å². The molecule has 0 saturated heterocycles. The third-order valence-electron chi connectivity index (χ3n) is 2.87. The van der Waals surface area contributed by atoms with Gasteiger partial charge in [0, 0.05) is 17.3 Å². The zero-order valence-electron chi connectivity index (χ0n) is 10.3. The molecule has 0 N–H and O–H groups in total. The van der Waals surface area contributed by atoms with Gasteiger partial charge in [-0.05, 0) is 19.1 Å². The predicted octanol–water partition coefficient (Wildman–Crippen LogP) is 3.29. The summed E-state index contributed by atoms with van der Waals surface area (Å²) in [4.78, 5) is 0. The fraction of sp³-hybridized carbons (Fsp3) is 0.0714. The molecule has 0 radical (unpaired) electrons. The Balaban J connectivity index is 2.16. The molecule has 0 spiro atoms. The van der Waals surface area contributed by atoms with Gasteiger partial charge in [-0.1, -0.05) is 41.9 Å². The molecule has 0 amide bonds. The van der Waals surface area contributed by atoms with Crippen molar-refractivity contribution in [1.29, 1.82) is 0 Å². The second-order valence-corrected chi connectivity index (χ2v) is 4.48. The number of halogens is 1. The van der Waals surface area contributed by atoms with Gasteiger partial charge in [0.1, 0.15) is 5.15 Å². The minimum Gasteiger partial charge on any atom is -0.201 e. The Kier molecular flexibility index (Phi) is 3.01. The Morgan fingerprint density at radius 2 is 1.84 bits per heavy atom. The molecule has 0 aliphatic heterocycles. The molecular formula is C14H11ClN4. The highest BCUT2D eigenvalue weighted by Crippen LogP contribution is 2.29. The zero-order valence-corrected chi connectivity index (χ0v) is 11.0. The van der Waals surface area contributed by atoms with Crippen LogP contribution >= 0.6 is 11.6 Å². The maximum atomic E-state index is 6.33. The van der Waals surface area contributed by atoms with Crippen LogP contribution in [-0.4, -0.2) is 20.0 Å². The quantitative estimate of drug-likeness (QED) is 0.718. The van der Waals surface area contributed by atoms with Crippen LogP contribution in [0.25, 0.3) is 17.1 Å². The van der Waals surface area contributed by atoms with E-state index in [0.717, 1.165) is 16.8 Å². The average molecular weight is 271 g/mol. The van der Waals surface area contributed by atoms with Crippen LogP contribution in [-0.2, 0) is 0 Å². The van der Waals surface area contributed by atoms with E-state index in [1.807, 2.05) is 43.3 Å². The summed E-state index contributed by atoms with van der Waals surface area (Å²) in [5.41, 5.74) is 2.82. The van der Waals surface area contributed by atoms with E-state index >= 15 is 0 Å². The van der Waals surface area contributed by atoms with Crippen molar-refractivity contribution in [3.05, 3.63) is 59.4 Å². The molecular weight excluding hydrogens is 260 g/mol. The van der Waals surface area contributed by atoms with E-state index < -0.39 is 0 Å². The molecule has 4 nitrogen and oxygen atoms in total. The lowest BCUT2D eigenvalue weighted by Crippen LogP contribution is -2.00. The van der Waals surface area contributed by atoms with Crippen molar-refractivity contribution in [2.45, 2.75) is 6.92 Å². The number of nitrogens with zero attached hydrogens (tertiary/aromatic N) is 4. The largest absolute Gasteiger partial charge is 0.201 e. The average Bonchev–Trinajstić information content (AvgIpc) is 2.77. The van der Waals surface area contributed by atoms with E-state index in [0.29, 0.717) is 11.0 Å². The van der Waals surface area contributed by atoms with Crippen LogP contribution in [0, 0.1) is 6.92 Å². The molecule has 3 aromatic rings. The van der Waals surface area contributed by atoms with Crippen molar-refractivity contribution < 1.29 is 0 Å². The van der Waals surface area contributed by atoms with Gasteiger partial charge in [-0.2, -0.15) is 10.2 Å². The molecule has 94 valence electrons. The van der Waals surface area contributed by atoms with E-state index in [9.17, 15) is 0 Å². The lowest BCUT2D eigenvalue weighted by Gasteiger charge is -1.99. The third-order valence-corrected chi connectivity index (χ3v) is 3.32. The van der Waals surface area contributed by atoms with Crippen LogP contribution in [0.1, 0.15) is 5.56 Å². The Labute approximate surface area is 115 Å². The predicted molar refractivity (Wildman–Crippen MR) is 74.3 cm³/mol. The molecule has 0 atom stereocenters. The molecule has 1 aromatic carbocycles. The van der Waals surface area contributed by atoms with Crippen LogP contribution in [0.15, 0.2) is 48.7 Å². The fourth-order valence-corrected chi connectivity index (χ4v) is 2.12. The molecule has 3 rings (SSSR count). The van der Waals surface area contributed by atoms with E-state index in [1.165, 1.54) is 0 Å². The summed E-state index contributed by atoms with van der Waals surface area (Å²) in [5, 5.41) is 13.0. The lowest BCUT2D eigenvalue weighted by molar-refractivity contribution is 0.817. The van der Waals surface area contributed by atoms with Crippen molar-refractivity contribution in [3.63, 3.8) is 0 Å². The summed E-state index contributed by atoms with van der Waals surface area (Å²) in [5.74, 6) is 0.609. The van der Waals surface area contributed by atoms with Crippen LogP contribution in [0.2, 0.25) is 5.15 Å². The first-order valence-corrected chi connectivity index (χ1v) is 6.24. The van der Waals surface area contributed by atoms with Crippen LogP contribution in [0.5, 0.6) is 0 Å². The second-order valence-electron chi connectivity index (χ2n) is 4.12. The minimum atomic E-state index is 0.555. The fourth-order valence-electron chi connectivity index (χ4n) is 1.90. The van der Waals surface area contributed by atoms with Crippen molar-refractivity contribution in [3.8, 4) is 17.1 Å². The lowest BCUT2D eigenvalue weighted by atomic mass is 10.1. The maximum Gasteiger partial charge on any atom is 0.177 e. The van der Waals surface area contributed by atoms with Gasteiger partial charge in [-0.3, -0.25) is 0 Å². The van der Waals surface area contributed by atoms with Crippen molar-refractivity contribution in [2.75, 3.05) is 0 Å². The Morgan fingerprint density at radius 3 is 2.53 bits per heavy atom. The molecule has 0 unspecified atom stereocenters. The Morgan fingerprint density at radius 1 is 1.05 bits per heavy atom. The highest BCUT2D eigenvalue weighted by Gasteiger charge is 2.15. The van der Waals surface area contributed by atoms with Gasteiger partial charge >= 0.3 is 0 Å². The number of hydrogen-bond donors (Lipinski definition) is 0. The van der Waals surface area contributed by atoms with Crippen LogP contribution in [0.3, 0.4) is 0 Å². The van der Waals surface area contributed by atoms with Gasteiger partial charge in [0.2, 0.25) is 0 Å². The van der Waals surface area contributed by atoms with Gasteiger partial charge in [-0.15, -0.1) is 5.10 Å². The summed E-state index contributed by atoms with van der Waals surface area (Å²) in [6.45, 7) is 1.95. The number of aromatic nitrogens is 4. The Hall–Kier alpha value is -2.20. The summed E-state index contributed by atoms with van der Waals surface area (Å²) >= 11 is 6.33. The zero-order chi connectivity index (χ0) is 13.2. The first kappa shape index (κ1) is 11.9. The van der Waals surface area contributed by atoms with Crippen molar-refractivity contribution in [2.24, 2.45) is 0 Å². The first-order valence-electron chi connectivity index (χ1n) is 5.86. The van der Waals surface area contributed by atoms with Crippen LogP contribution < -0.4 is 0 Å². The molecule has 0 fully saturated rings. The van der Waals surface area contributed by atoms with E-state index in [4.69, 9.17) is 11.6 Å². The van der Waals surface area contributed by atoms with Gasteiger partial charge in [0.15, 0.2) is 5.82 Å². The van der Waals surface area contributed by atoms with Gasteiger partial charge in [0.25, 0.3) is 0 Å². The maximum absolute atomic E-state index is 6.33. The van der Waals surface area contributed by atoms with Gasteiger partial charge in [0.05, 0.1) is 5.69 Å². The van der Waals surface area contributed by atoms with E-state index in [2.05, 4.69) is 15.3 Å². The molecule has 0 aliphatic rings. The SMILES string of the molecule is Cc1c(-c2ccccc2)nn(-c2cccnn2)c1Cl. The van der Waals surface area contributed by atoms with Crippen LogP contribution in [0.4, 0.5) is 0 Å². The highest BCUT2D eigenvalue weighted by molar-refractivity contribution is 6.31. The minimum absolute atomic E-state index is 0.555. The molecule has 5 heteroatoms. The van der Waals surface area contributed by atoms with Crippen molar-refractivity contribution in [1.82, 2.24) is 20.0 Å². The summed E-state index contributed by atoms with van der Waals surface area (Å²) < 4.78 is 1.60. The smallest absolute Gasteiger partial charge is 0.177 e. The number of rotatable bonds is 2.